The molecule has 0 bridgehead atoms. The molecule has 0 aromatic heterocycles. The normalized spacial score (nSPS) is 14.4. The molecule has 0 spiro atoms. The zero-order valence-corrected chi connectivity index (χ0v) is 20.4. The van der Waals surface area contributed by atoms with E-state index in [2.05, 4.69) is 5.32 Å². The van der Waals surface area contributed by atoms with Gasteiger partial charge in [-0.2, -0.15) is 0 Å². The van der Waals surface area contributed by atoms with E-state index in [0.29, 0.717) is 37.1 Å². The predicted octanol–water partition coefficient (Wildman–Crippen LogP) is 5.77. The zero-order valence-electron chi connectivity index (χ0n) is 18.0. The molecule has 0 saturated carbocycles. The summed E-state index contributed by atoms with van der Waals surface area (Å²) >= 11 is 12.7. The van der Waals surface area contributed by atoms with Crippen LogP contribution in [0.1, 0.15) is 5.56 Å². The van der Waals surface area contributed by atoms with Gasteiger partial charge in [0, 0.05) is 0 Å². The number of thiocarbonyl (C=S) groups is 1. The van der Waals surface area contributed by atoms with E-state index in [1.165, 1.54) is 16.7 Å². The number of ether oxygens (including phenoxy) is 2. The van der Waals surface area contributed by atoms with Crippen LogP contribution in [0.2, 0.25) is 5.02 Å². The molecular formula is C25H19ClN2O4S2. The minimum absolute atomic E-state index is 0.186. The summed E-state index contributed by atoms with van der Waals surface area (Å²) in [6.45, 7) is -0.186. The first-order chi connectivity index (χ1) is 16.4. The lowest BCUT2D eigenvalue weighted by Crippen LogP contribution is -2.27. The van der Waals surface area contributed by atoms with E-state index in [9.17, 15) is 9.59 Å². The van der Waals surface area contributed by atoms with Crippen LogP contribution in [0.4, 0.5) is 11.4 Å². The number of nitrogens with one attached hydrogen (secondary N) is 1. The number of halogens is 1. The minimum Gasteiger partial charge on any atom is -0.497 e. The Labute approximate surface area is 211 Å². The molecule has 1 aliphatic rings. The van der Waals surface area contributed by atoms with Crippen LogP contribution < -0.4 is 19.7 Å². The monoisotopic (exact) mass is 510 g/mol. The van der Waals surface area contributed by atoms with Crippen molar-refractivity contribution in [1.29, 1.82) is 0 Å². The van der Waals surface area contributed by atoms with Gasteiger partial charge in [0.25, 0.3) is 11.8 Å². The molecule has 3 aromatic rings. The molecule has 1 heterocycles. The second-order valence-electron chi connectivity index (χ2n) is 7.10. The number of carbonyl (C=O) groups is 2. The van der Waals surface area contributed by atoms with Gasteiger partial charge in [0.15, 0.2) is 10.9 Å². The highest BCUT2D eigenvalue weighted by atomic mass is 35.5. The number of hydrogen-bond acceptors (Lipinski definition) is 6. The van der Waals surface area contributed by atoms with Gasteiger partial charge < -0.3 is 14.8 Å². The minimum atomic E-state index is -0.334. The molecule has 0 aliphatic carbocycles. The first-order valence-electron chi connectivity index (χ1n) is 10.1. The topological polar surface area (TPSA) is 67.9 Å². The number of thioether (sulfide) groups is 1. The van der Waals surface area contributed by atoms with Gasteiger partial charge in [0.2, 0.25) is 0 Å². The van der Waals surface area contributed by atoms with E-state index in [1.54, 1.807) is 79.9 Å². The molecule has 3 aromatic carbocycles. The maximum absolute atomic E-state index is 13.0. The summed E-state index contributed by atoms with van der Waals surface area (Å²) in [4.78, 5) is 27.2. The van der Waals surface area contributed by atoms with Crippen LogP contribution in [-0.2, 0) is 9.59 Å². The number of nitrogens with zero attached hydrogens (tertiary/aromatic N) is 1. The fourth-order valence-electron chi connectivity index (χ4n) is 3.16. The highest BCUT2D eigenvalue weighted by Crippen LogP contribution is 2.36. The van der Waals surface area contributed by atoms with Crippen molar-refractivity contribution in [3.05, 3.63) is 88.3 Å². The second kappa shape index (κ2) is 10.7. The number of methoxy groups -OCH3 is 1. The fourth-order valence-corrected chi connectivity index (χ4v) is 4.65. The van der Waals surface area contributed by atoms with Gasteiger partial charge >= 0.3 is 0 Å². The standard InChI is InChI=1S/C25H19ClN2O4S2/c1-31-18-11-9-17(10-12-18)28-24(30)22(34-25(28)33)14-16-5-4-6-19(13-16)32-15-23(29)27-21-8-3-2-7-20(21)26/h2-14H,15H2,1H3,(H,27,29)/b22-14-. The van der Waals surface area contributed by atoms with Crippen molar-refractivity contribution in [1.82, 2.24) is 0 Å². The fraction of sp³-hybridized carbons (Fsp3) is 0.0800. The Balaban J connectivity index is 1.42. The van der Waals surface area contributed by atoms with E-state index in [1.807, 2.05) is 6.07 Å². The van der Waals surface area contributed by atoms with Gasteiger partial charge in [-0.25, -0.2) is 0 Å². The van der Waals surface area contributed by atoms with Crippen LogP contribution in [0.15, 0.2) is 77.7 Å². The summed E-state index contributed by atoms with van der Waals surface area (Å²) < 4.78 is 11.2. The maximum atomic E-state index is 13.0. The number of anilines is 2. The van der Waals surface area contributed by atoms with Crippen molar-refractivity contribution < 1.29 is 19.1 Å². The number of benzene rings is 3. The lowest BCUT2D eigenvalue weighted by Gasteiger charge is -2.14. The lowest BCUT2D eigenvalue weighted by atomic mass is 10.2. The van der Waals surface area contributed by atoms with Gasteiger partial charge in [-0.1, -0.05) is 59.8 Å². The Morgan fingerprint density at radius 3 is 2.59 bits per heavy atom. The summed E-state index contributed by atoms with van der Waals surface area (Å²) in [6.07, 6.45) is 1.75. The quantitative estimate of drug-likeness (QED) is 0.321. The van der Waals surface area contributed by atoms with Crippen molar-refractivity contribution >= 4 is 69.2 Å². The van der Waals surface area contributed by atoms with Crippen molar-refractivity contribution in [2.24, 2.45) is 0 Å². The van der Waals surface area contributed by atoms with Crippen molar-refractivity contribution in [3.8, 4) is 11.5 Å². The number of para-hydroxylation sites is 1. The number of hydrogen-bond donors (Lipinski definition) is 1. The number of rotatable bonds is 7. The van der Waals surface area contributed by atoms with Crippen molar-refractivity contribution in [2.45, 2.75) is 0 Å². The first kappa shape index (κ1) is 23.8. The summed E-state index contributed by atoms with van der Waals surface area (Å²) in [5.74, 6) is 0.653. The van der Waals surface area contributed by atoms with E-state index in [-0.39, 0.29) is 18.4 Å². The lowest BCUT2D eigenvalue weighted by molar-refractivity contribution is -0.118. The van der Waals surface area contributed by atoms with Crippen LogP contribution in [-0.4, -0.2) is 29.9 Å². The molecule has 0 atom stereocenters. The van der Waals surface area contributed by atoms with Crippen LogP contribution in [0.5, 0.6) is 11.5 Å². The third-order valence-corrected chi connectivity index (χ3v) is 6.43. The third-order valence-electron chi connectivity index (χ3n) is 4.80. The molecule has 172 valence electrons. The molecule has 6 nitrogen and oxygen atoms in total. The van der Waals surface area contributed by atoms with E-state index < -0.39 is 0 Å². The molecule has 9 heteroatoms. The summed E-state index contributed by atoms with van der Waals surface area (Å²) in [5.41, 5.74) is 1.94. The molecule has 1 aliphatic heterocycles. The Hall–Kier alpha value is -3.33. The summed E-state index contributed by atoms with van der Waals surface area (Å²) in [5, 5.41) is 3.16. The summed E-state index contributed by atoms with van der Waals surface area (Å²) in [7, 11) is 1.58. The zero-order chi connectivity index (χ0) is 24.1. The van der Waals surface area contributed by atoms with Crippen LogP contribution in [0, 0.1) is 0 Å². The molecule has 1 fully saturated rings. The largest absolute Gasteiger partial charge is 0.497 e. The predicted molar refractivity (Wildman–Crippen MR) is 141 cm³/mol. The molecular weight excluding hydrogens is 492 g/mol. The third kappa shape index (κ3) is 5.59. The Kier molecular flexibility index (Phi) is 7.52. The molecule has 1 saturated heterocycles. The SMILES string of the molecule is COc1ccc(N2C(=O)/C(=C/c3cccc(OCC(=O)Nc4ccccc4Cl)c3)SC2=S)cc1. The number of amides is 2. The average molecular weight is 511 g/mol. The van der Waals surface area contributed by atoms with Crippen molar-refractivity contribution in [2.75, 3.05) is 23.9 Å². The summed E-state index contributed by atoms with van der Waals surface area (Å²) in [6, 6.07) is 21.2. The molecule has 0 radical (unpaired) electrons. The first-order valence-corrected chi connectivity index (χ1v) is 11.7. The van der Waals surface area contributed by atoms with E-state index in [4.69, 9.17) is 33.3 Å². The van der Waals surface area contributed by atoms with E-state index >= 15 is 0 Å². The average Bonchev–Trinajstić information content (AvgIpc) is 3.12. The van der Waals surface area contributed by atoms with Crippen LogP contribution >= 0.6 is 35.6 Å². The Bertz CT molecular complexity index is 1280. The number of carbonyl (C=O) groups excluding carboxylic acids is 2. The van der Waals surface area contributed by atoms with Crippen molar-refractivity contribution in [3.63, 3.8) is 0 Å². The van der Waals surface area contributed by atoms with E-state index in [0.717, 1.165) is 5.56 Å². The van der Waals surface area contributed by atoms with Gasteiger partial charge in [-0.05, 0) is 60.2 Å². The molecule has 1 N–H and O–H groups in total. The van der Waals surface area contributed by atoms with Gasteiger partial charge in [-0.15, -0.1) is 0 Å². The molecule has 2 amide bonds. The Morgan fingerprint density at radius 1 is 1.09 bits per heavy atom. The molecule has 4 rings (SSSR count). The van der Waals surface area contributed by atoms with Crippen LogP contribution in [0.25, 0.3) is 6.08 Å². The Morgan fingerprint density at radius 2 is 1.85 bits per heavy atom. The maximum Gasteiger partial charge on any atom is 0.270 e. The smallest absolute Gasteiger partial charge is 0.270 e. The highest BCUT2D eigenvalue weighted by Gasteiger charge is 2.33. The van der Waals surface area contributed by atoms with Gasteiger partial charge in [0.05, 0.1) is 28.4 Å². The second-order valence-corrected chi connectivity index (χ2v) is 9.19. The van der Waals surface area contributed by atoms with Gasteiger partial charge in [0.1, 0.15) is 11.5 Å². The molecule has 0 unspecified atom stereocenters. The van der Waals surface area contributed by atoms with Gasteiger partial charge in [-0.3, -0.25) is 14.5 Å². The van der Waals surface area contributed by atoms with Crippen LogP contribution in [0.3, 0.4) is 0 Å². The molecule has 34 heavy (non-hydrogen) atoms. The highest BCUT2D eigenvalue weighted by molar-refractivity contribution is 8.27.